The Morgan fingerprint density at radius 1 is 1.33 bits per heavy atom. The maximum atomic E-state index is 6.32. The molecule has 0 bridgehead atoms. The highest BCUT2D eigenvalue weighted by atomic mass is 16.5. The molecule has 2 N–H and O–H groups in total. The van der Waals surface area contributed by atoms with Gasteiger partial charge in [-0.1, -0.05) is 35.5 Å². The van der Waals surface area contributed by atoms with Crippen molar-refractivity contribution in [2.75, 3.05) is 0 Å². The van der Waals surface area contributed by atoms with Crippen LogP contribution in [0, 0.1) is 5.92 Å². The summed E-state index contributed by atoms with van der Waals surface area (Å²) in [5, 5.41) is 4.02. The van der Waals surface area contributed by atoms with E-state index in [0.717, 1.165) is 23.7 Å². The van der Waals surface area contributed by atoms with Crippen LogP contribution < -0.4 is 5.73 Å². The van der Waals surface area contributed by atoms with Gasteiger partial charge in [-0.25, -0.2) is 0 Å². The zero-order valence-electron chi connectivity index (χ0n) is 10.5. The molecule has 2 aromatic rings. The van der Waals surface area contributed by atoms with Gasteiger partial charge in [0.1, 0.15) is 5.54 Å². The van der Waals surface area contributed by atoms with Crippen molar-refractivity contribution in [2.24, 2.45) is 11.7 Å². The van der Waals surface area contributed by atoms with Crippen LogP contribution >= 0.6 is 0 Å². The molecule has 1 aromatic carbocycles. The summed E-state index contributed by atoms with van der Waals surface area (Å²) in [6, 6.07) is 9.84. The van der Waals surface area contributed by atoms with Crippen LogP contribution in [0.25, 0.3) is 0 Å². The second kappa shape index (κ2) is 4.21. The molecule has 1 fully saturated rings. The Balaban J connectivity index is 1.86. The summed E-state index contributed by atoms with van der Waals surface area (Å²) in [6.45, 7) is 1.90. The Morgan fingerprint density at radius 3 is 2.72 bits per heavy atom. The van der Waals surface area contributed by atoms with Crippen LogP contribution in [-0.4, -0.2) is 10.1 Å². The molecule has 4 nitrogen and oxygen atoms in total. The summed E-state index contributed by atoms with van der Waals surface area (Å²) in [7, 11) is 0. The van der Waals surface area contributed by atoms with E-state index in [-0.39, 0.29) is 0 Å². The van der Waals surface area contributed by atoms with Crippen LogP contribution in [0.2, 0.25) is 0 Å². The Hall–Kier alpha value is -1.68. The van der Waals surface area contributed by atoms with Gasteiger partial charge in [-0.15, -0.1) is 0 Å². The van der Waals surface area contributed by atoms with E-state index in [9.17, 15) is 0 Å². The molecule has 1 unspecified atom stereocenters. The third kappa shape index (κ3) is 2.16. The lowest BCUT2D eigenvalue weighted by atomic mass is 9.93. The number of nitrogens with two attached hydrogens (primary N) is 1. The van der Waals surface area contributed by atoms with E-state index in [1.54, 1.807) is 0 Å². The molecule has 1 aromatic heterocycles. The fourth-order valence-electron chi connectivity index (χ4n) is 2.04. The lowest BCUT2D eigenvalue weighted by Gasteiger charge is -2.20. The first-order valence-electron chi connectivity index (χ1n) is 6.34. The molecule has 0 spiro atoms. The van der Waals surface area contributed by atoms with Gasteiger partial charge < -0.3 is 10.3 Å². The highest BCUT2D eigenvalue weighted by Crippen LogP contribution is 2.32. The normalized spacial score (nSPS) is 18.6. The number of benzene rings is 1. The van der Waals surface area contributed by atoms with E-state index in [1.165, 1.54) is 12.8 Å². The minimum absolute atomic E-state index is 0.490. The van der Waals surface area contributed by atoms with Gasteiger partial charge in [-0.3, -0.25) is 0 Å². The third-order valence-corrected chi connectivity index (χ3v) is 3.45. The first-order valence-corrected chi connectivity index (χ1v) is 6.34. The average molecular weight is 243 g/mol. The quantitative estimate of drug-likeness (QED) is 0.894. The molecule has 1 heterocycles. The molecular formula is C14H17N3O. The van der Waals surface area contributed by atoms with Gasteiger partial charge in [0.2, 0.25) is 0 Å². The van der Waals surface area contributed by atoms with Crippen LogP contribution in [0.4, 0.5) is 0 Å². The molecule has 94 valence electrons. The third-order valence-electron chi connectivity index (χ3n) is 3.45. The molecule has 1 saturated carbocycles. The van der Waals surface area contributed by atoms with Crippen molar-refractivity contribution in [1.29, 1.82) is 0 Å². The zero-order chi connectivity index (χ0) is 12.6. The van der Waals surface area contributed by atoms with Gasteiger partial charge in [0.15, 0.2) is 5.82 Å². The van der Waals surface area contributed by atoms with Gasteiger partial charge in [-0.2, -0.15) is 4.98 Å². The summed E-state index contributed by atoms with van der Waals surface area (Å²) in [5.41, 5.74) is 6.58. The topological polar surface area (TPSA) is 64.9 Å². The number of hydrogen-bond donors (Lipinski definition) is 1. The monoisotopic (exact) mass is 243 g/mol. The maximum absolute atomic E-state index is 6.32. The van der Waals surface area contributed by atoms with Crippen molar-refractivity contribution in [2.45, 2.75) is 31.7 Å². The minimum Gasteiger partial charge on any atom is -0.337 e. The molecule has 1 aliphatic rings. The molecule has 0 aliphatic heterocycles. The van der Waals surface area contributed by atoms with E-state index in [4.69, 9.17) is 10.3 Å². The smallest absolute Gasteiger partial charge is 0.251 e. The standard InChI is InChI=1S/C14H17N3O/c1-14(15,11-5-3-2-4-6-11)13-16-12(17-18-13)9-10-7-8-10/h2-6,10H,7-9,15H2,1H3. The molecule has 1 atom stereocenters. The van der Waals surface area contributed by atoms with Crippen molar-refractivity contribution < 1.29 is 4.52 Å². The number of aromatic nitrogens is 2. The van der Waals surface area contributed by atoms with E-state index in [0.29, 0.717) is 5.89 Å². The first-order chi connectivity index (χ1) is 8.66. The molecule has 3 rings (SSSR count). The largest absolute Gasteiger partial charge is 0.337 e. The molecule has 0 amide bonds. The SMILES string of the molecule is CC(N)(c1ccccc1)c1nc(CC2CC2)no1. The van der Waals surface area contributed by atoms with Gasteiger partial charge >= 0.3 is 0 Å². The fourth-order valence-corrected chi connectivity index (χ4v) is 2.04. The van der Waals surface area contributed by atoms with E-state index < -0.39 is 5.54 Å². The Kier molecular flexibility index (Phi) is 2.67. The highest BCUT2D eigenvalue weighted by molar-refractivity contribution is 5.28. The lowest BCUT2D eigenvalue weighted by Crippen LogP contribution is -2.34. The van der Waals surface area contributed by atoms with Crippen molar-refractivity contribution in [1.82, 2.24) is 10.1 Å². The van der Waals surface area contributed by atoms with Gasteiger partial charge in [0.05, 0.1) is 0 Å². The second-order valence-corrected chi connectivity index (χ2v) is 5.23. The molecule has 4 heteroatoms. The second-order valence-electron chi connectivity index (χ2n) is 5.23. The van der Waals surface area contributed by atoms with Crippen LogP contribution in [0.1, 0.15) is 37.0 Å². The minimum atomic E-state index is -0.726. The Labute approximate surface area is 106 Å². The molecular weight excluding hydrogens is 226 g/mol. The maximum Gasteiger partial charge on any atom is 0.251 e. The van der Waals surface area contributed by atoms with Crippen LogP contribution in [-0.2, 0) is 12.0 Å². The number of nitrogens with zero attached hydrogens (tertiary/aromatic N) is 2. The summed E-state index contributed by atoms with van der Waals surface area (Å²) in [5.74, 6) is 2.01. The van der Waals surface area contributed by atoms with Crippen LogP contribution in [0.3, 0.4) is 0 Å². The summed E-state index contributed by atoms with van der Waals surface area (Å²) in [4.78, 5) is 4.44. The zero-order valence-corrected chi connectivity index (χ0v) is 10.5. The van der Waals surface area contributed by atoms with Crippen LogP contribution in [0.5, 0.6) is 0 Å². The van der Waals surface area contributed by atoms with E-state index in [1.807, 2.05) is 37.3 Å². The summed E-state index contributed by atoms with van der Waals surface area (Å²) >= 11 is 0. The first kappa shape index (κ1) is 11.4. The molecule has 1 aliphatic carbocycles. The fraction of sp³-hybridized carbons (Fsp3) is 0.429. The molecule has 0 radical (unpaired) electrons. The van der Waals surface area contributed by atoms with E-state index in [2.05, 4.69) is 10.1 Å². The van der Waals surface area contributed by atoms with Gasteiger partial charge in [0.25, 0.3) is 5.89 Å². The molecule has 0 saturated heterocycles. The highest BCUT2D eigenvalue weighted by Gasteiger charge is 2.31. The number of hydrogen-bond acceptors (Lipinski definition) is 4. The predicted molar refractivity (Wildman–Crippen MR) is 67.8 cm³/mol. The van der Waals surface area contributed by atoms with Crippen molar-refractivity contribution in [3.63, 3.8) is 0 Å². The number of rotatable bonds is 4. The van der Waals surface area contributed by atoms with Gasteiger partial charge in [0, 0.05) is 6.42 Å². The summed E-state index contributed by atoms with van der Waals surface area (Å²) < 4.78 is 5.33. The summed E-state index contributed by atoms with van der Waals surface area (Å²) in [6.07, 6.45) is 3.47. The van der Waals surface area contributed by atoms with E-state index >= 15 is 0 Å². The van der Waals surface area contributed by atoms with Crippen molar-refractivity contribution in [3.8, 4) is 0 Å². The average Bonchev–Trinajstić information content (AvgIpc) is 3.05. The van der Waals surface area contributed by atoms with Crippen LogP contribution in [0.15, 0.2) is 34.9 Å². The van der Waals surface area contributed by atoms with Crippen molar-refractivity contribution in [3.05, 3.63) is 47.6 Å². The predicted octanol–water partition coefficient (Wildman–Crippen LogP) is 2.24. The Morgan fingerprint density at radius 2 is 2.06 bits per heavy atom. The lowest BCUT2D eigenvalue weighted by molar-refractivity contribution is 0.322. The Bertz CT molecular complexity index is 529. The molecule has 18 heavy (non-hydrogen) atoms. The van der Waals surface area contributed by atoms with Gasteiger partial charge in [-0.05, 0) is 31.2 Å². The van der Waals surface area contributed by atoms with Crippen molar-refractivity contribution >= 4 is 0 Å².